The third-order valence-corrected chi connectivity index (χ3v) is 6.74. The van der Waals surface area contributed by atoms with Gasteiger partial charge in [0.1, 0.15) is 5.75 Å². The van der Waals surface area contributed by atoms with Crippen LogP contribution in [0, 0.1) is 13.8 Å². The second-order valence-electron chi connectivity index (χ2n) is 8.87. The average molecular weight is 521 g/mol. The predicted molar refractivity (Wildman–Crippen MR) is 144 cm³/mol. The van der Waals surface area contributed by atoms with Gasteiger partial charge in [-0.3, -0.25) is 0 Å². The van der Waals surface area contributed by atoms with Gasteiger partial charge in [0, 0.05) is 18.0 Å². The minimum absolute atomic E-state index is 0.167. The number of halogens is 3. The number of benzene rings is 4. The number of hydrogen-bond acceptors (Lipinski definition) is 3. The van der Waals surface area contributed by atoms with E-state index in [9.17, 15) is 18.3 Å². The standard InChI is InChI=1S/C30H27F3N2OS/c1-21-6-10-23(11-7-21)19-35(20-24-4-3-5-27(36)18-24)29(37-28-16-8-22(2)9-17-28)34-26-14-12-25(13-15-26)30(31,32)33/h3-18,36H,19-20H2,1-2H3. The Bertz CT molecular complexity index is 1350. The summed E-state index contributed by atoms with van der Waals surface area (Å²) in [5, 5.41) is 10.7. The van der Waals surface area contributed by atoms with Crippen molar-refractivity contribution in [2.24, 2.45) is 4.99 Å². The molecule has 3 nitrogen and oxygen atoms in total. The van der Waals surface area contributed by atoms with E-state index in [0.29, 0.717) is 23.9 Å². The fourth-order valence-electron chi connectivity index (χ4n) is 3.69. The highest BCUT2D eigenvalue weighted by molar-refractivity contribution is 8.13. The molecule has 0 aliphatic rings. The lowest BCUT2D eigenvalue weighted by atomic mass is 10.1. The van der Waals surface area contributed by atoms with Gasteiger partial charge in [0.2, 0.25) is 0 Å². The topological polar surface area (TPSA) is 35.8 Å². The monoisotopic (exact) mass is 520 g/mol. The summed E-state index contributed by atoms with van der Waals surface area (Å²) in [5.74, 6) is 0.167. The third-order valence-electron chi connectivity index (χ3n) is 5.70. The van der Waals surface area contributed by atoms with E-state index in [1.807, 2.05) is 56.3 Å². The number of amidine groups is 1. The van der Waals surface area contributed by atoms with Gasteiger partial charge in [-0.2, -0.15) is 13.2 Å². The third kappa shape index (κ3) is 7.64. The van der Waals surface area contributed by atoms with Crippen molar-refractivity contribution < 1.29 is 18.3 Å². The molecule has 37 heavy (non-hydrogen) atoms. The lowest BCUT2D eigenvalue weighted by molar-refractivity contribution is -0.137. The second-order valence-corrected chi connectivity index (χ2v) is 9.91. The summed E-state index contributed by atoms with van der Waals surface area (Å²) < 4.78 is 39.3. The predicted octanol–water partition coefficient (Wildman–Crippen LogP) is 8.51. The molecule has 0 aromatic heterocycles. The Morgan fingerprint density at radius 2 is 1.38 bits per heavy atom. The molecule has 190 valence electrons. The zero-order valence-electron chi connectivity index (χ0n) is 20.5. The lowest BCUT2D eigenvalue weighted by Gasteiger charge is -2.26. The Kier molecular flexibility index (Phi) is 8.24. The molecule has 4 aromatic carbocycles. The quantitative estimate of drug-likeness (QED) is 0.157. The zero-order chi connectivity index (χ0) is 26.4. The highest BCUT2D eigenvalue weighted by atomic mass is 32.2. The van der Waals surface area contributed by atoms with Crippen LogP contribution >= 0.6 is 11.8 Å². The van der Waals surface area contributed by atoms with Crippen LogP contribution in [0.2, 0.25) is 0 Å². The van der Waals surface area contributed by atoms with E-state index in [4.69, 9.17) is 4.99 Å². The van der Waals surface area contributed by atoms with Crippen LogP contribution in [0.1, 0.15) is 27.8 Å². The van der Waals surface area contributed by atoms with Crippen molar-refractivity contribution in [1.29, 1.82) is 0 Å². The average Bonchev–Trinajstić information content (AvgIpc) is 2.86. The molecule has 0 saturated heterocycles. The maximum atomic E-state index is 13.1. The fraction of sp³-hybridized carbons (Fsp3) is 0.167. The van der Waals surface area contributed by atoms with Crippen molar-refractivity contribution in [2.45, 2.75) is 38.0 Å². The largest absolute Gasteiger partial charge is 0.508 e. The number of aromatic hydroxyl groups is 1. The first-order chi connectivity index (χ1) is 17.7. The number of hydrogen-bond donors (Lipinski definition) is 1. The van der Waals surface area contributed by atoms with Gasteiger partial charge >= 0.3 is 6.18 Å². The summed E-state index contributed by atoms with van der Waals surface area (Å²) in [7, 11) is 0. The SMILES string of the molecule is Cc1ccc(CN(Cc2cccc(O)c2)C(=Nc2ccc(C(F)(F)F)cc2)Sc2ccc(C)cc2)cc1. The molecule has 0 radical (unpaired) electrons. The fourth-order valence-corrected chi connectivity index (χ4v) is 4.58. The van der Waals surface area contributed by atoms with E-state index in [-0.39, 0.29) is 5.75 Å². The molecule has 7 heteroatoms. The van der Waals surface area contributed by atoms with Crippen LogP contribution in [0.4, 0.5) is 18.9 Å². The van der Waals surface area contributed by atoms with E-state index < -0.39 is 11.7 Å². The van der Waals surface area contributed by atoms with Gasteiger partial charge in [-0.05, 0) is 73.5 Å². The van der Waals surface area contributed by atoms with Gasteiger partial charge in [-0.25, -0.2) is 4.99 Å². The number of phenols is 1. The molecule has 0 spiro atoms. The summed E-state index contributed by atoms with van der Waals surface area (Å²) in [5.41, 5.74) is 3.94. The van der Waals surface area contributed by atoms with Crippen LogP contribution < -0.4 is 0 Å². The highest BCUT2D eigenvalue weighted by Gasteiger charge is 2.30. The summed E-state index contributed by atoms with van der Waals surface area (Å²) in [6, 6.07) is 28.1. The van der Waals surface area contributed by atoms with Crippen molar-refractivity contribution >= 4 is 22.6 Å². The number of rotatable bonds is 6. The Morgan fingerprint density at radius 3 is 1.97 bits per heavy atom. The van der Waals surface area contributed by atoms with Crippen LogP contribution in [-0.4, -0.2) is 15.2 Å². The van der Waals surface area contributed by atoms with Gasteiger partial charge < -0.3 is 10.0 Å². The molecule has 0 saturated carbocycles. The number of thioether (sulfide) groups is 1. The van der Waals surface area contributed by atoms with E-state index >= 15 is 0 Å². The summed E-state index contributed by atoms with van der Waals surface area (Å²) in [6.45, 7) is 5.01. The first-order valence-corrected chi connectivity index (χ1v) is 12.6. The van der Waals surface area contributed by atoms with E-state index in [1.165, 1.54) is 23.9 Å². The van der Waals surface area contributed by atoms with Gasteiger partial charge in [0.15, 0.2) is 5.17 Å². The molecule has 4 rings (SSSR count). The number of phenolic OH excluding ortho intramolecular Hbond substituents is 1. The molecule has 4 aromatic rings. The first kappa shape index (κ1) is 26.4. The van der Waals surface area contributed by atoms with Crippen molar-refractivity contribution in [1.82, 2.24) is 4.90 Å². The Morgan fingerprint density at radius 1 is 0.784 bits per heavy atom. The Balaban J connectivity index is 1.75. The van der Waals surface area contributed by atoms with E-state index in [0.717, 1.165) is 39.3 Å². The minimum Gasteiger partial charge on any atom is -0.508 e. The van der Waals surface area contributed by atoms with Gasteiger partial charge in [-0.15, -0.1) is 0 Å². The van der Waals surface area contributed by atoms with Gasteiger partial charge in [0.05, 0.1) is 11.3 Å². The summed E-state index contributed by atoms with van der Waals surface area (Å²) in [4.78, 5) is 7.84. The smallest absolute Gasteiger partial charge is 0.416 e. The normalized spacial score (nSPS) is 12.0. The number of nitrogens with zero attached hydrogens (tertiary/aromatic N) is 2. The highest BCUT2D eigenvalue weighted by Crippen LogP contribution is 2.32. The van der Waals surface area contributed by atoms with Crippen LogP contribution in [0.15, 0.2) is 107 Å². The van der Waals surface area contributed by atoms with Crippen LogP contribution in [0.3, 0.4) is 0 Å². The molecule has 0 aliphatic carbocycles. The van der Waals surface area contributed by atoms with Crippen molar-refractivity contribution in [2.75, 3.05) is 0 Å². The van der Waals surface area contributed by atoms with Crippen LogP contribution in [-0.2, 0) is 19.3 Å². The molecule has 0 atom stereocenters. The molecule has 0 aliphatic heterocycles. The molecule has 0 unspecified atom stereocenters. The molecule has 1 N–H and O–H groups in total. The molecule has 0 fully saturated rings. The molecular weight excluding hydrogens is 493 g/mol. The minimum atomic E-state index is -4.41. The number of aryl methyl sites for hydroxylation is 2. The van der Waals surface area contributed by atoms with Crippen molar-refractivity contribution in [3.8, 4) is 5.75 Å². The molecule has 0 amide bonds. The lowest BCUT2D eigenvalue weighted by Crippen LogP contribution is -2.28. The van der Waals surface area contributed by atoms with E-state index in [1.54, 1.807) is 18.2 Å². The van der Waals surface area contributed by atoms with Crippen molar-refractivity contribution in [3.63, 3.8) is 0 Å². The van der Waals surface area contributed by atoms with E-state index in [2.05, 4.69) is 17.0 Å². The number of aliphatic imine (C=N–C) groups is 1. The van der Waals surface area contributed by atoms with Gasteiger partial charge in [0.25, 0.3) is 0 Å². The second kappa shape index (κ2) is 11.6. The molecular formula is C30H27F3N2OS. The maximum Gasteiger partial charge on any atom is 0.416 e. The van der Waals surface area contributed by atoms with Gasteiger partial charge in [-0.1, -0.05) is 71.4 Å². The summed E-state index contributed by atoms with van der Waals surface area (Å²) >= 11 is 1.45. The number of alkyl halides is 3. The zero-order valence-corrected chi connectivity index (χ0v) is 21.4. The van der Waals surface area contributed by atoms with Crippen LogP contribution in [0.25, 0.3) is 0 Å². The van der Waals surface area contributed by atoms with Crippen LogP contribution in [0.5, 0.6) is 5.75 Å². The molecule has 0 bridgehead atoms. The Hall–Kier alpha value is -3.71. The van der Waals surface area contributed by atoms with Crippen molar-refractivity contribution in [3.05, 3.63) is 125 Å². The first-order valence-electron chi connectivity index (χ1n) is 11.7. The maximum absolute atomic E-state index is 13.1. The summed E-state index contributed by atoms with van der Waals surface area (Å²) in [6.07, 6.45) is -4.41. The molecule has 0 heterocycles. The Labute approximate surface area is 219 Å².